The van der Waals surface area contributed by atoms with E-state index in [1.165, 1.54) is 13.2 Å². The summed E-state index contributed by atoms with van der Waals surface area (Å²) in [4.78, 5) is 12.4. The number of nitriles is 1. The highest BCUT2D eigenvalue weighted by atomic mass is 32.2. The first-order valence-corrected chi connectivity index (χ1v) is 11.1. The van der Waals surface area contributed by atoms with Crippen LogP contribution in [-0.4, -0.2) is 36.4 Å². The first kappa shape index (κ1) is 24.1. The lowest BCUT2D eigenvalue weighted by Crippen LogP contribution is -2.13. The van der Waals surface area contributed by atoms with Crippen LogP contribution in [0.3, 0.4) is 0 Å². The van der Waals surface area contributed by atoms with Crippen LogP contribution in [-0.2, 0) is 4.79 Å². The zero-order valence-corrected chi connectivity index (χ0v) is 20.0. The zero-order chi connectivity index (χ0) is 23.8. The van der Waals surface area contributed by atoms with E-state index in [9.17, 15) is 10.1 Å². The molecule has 170 valence electrons. The zero-order valence-electron chi connectivity index (χ0n) is 18.3. The van der Waals surface area contributed by atoms with Crippen LogP contribution in [0.15, 0.2) is 46.3 Å². The summed E-state index contributed by atoms with van der Waals surface area (Å²) in [6, 6.07) is 13.0. The number of carbonyl (C=O) groups excluding carboxylic acids is 1. The molecular formula is C23H22N4O4S2. The molecule has 0 spiro atoms. The first-order valence-electron chi connectivity index (χ1n) is 9.86. The number of aromatic nitrogens is 2. The molecule has 0 aliphatic carbocycles. The fraction of sp³-hybridized carbons (Fsp3) is 0.217. The number of amides is 1. The summed E-state index contributed by atoms with van der Waals surface area (Å²) in [5.41, 5.74) is 2.64. The molecule has 0 atom stereocenters. The van der Waals surface area contributed by atoms with Crippen molar-refractivity contribution in [3.8, 4) is 23.3 Å². The Hall–Kier alpha value is -3.55. The smallest absolute Gasteiger partial charge is 0.268 e. The number of nitrogens with one attached hydrogen (secondary N) is 1. The molecule has 1 heterocycles. The molecule has 0 saturated heterocycles. The second kappa shape index (κ2) is 11.4. The number of anilines is 1. The van der Waals surface area contributed by atoms with Crippen molar-refractivity contribution in [3.05, 3.63) is 58.7 Å². The van der Waals surface area contributed by atoms with Crippen LogP contribution in [0.4, 0.5) is 5.13 Å². The second-order valence-corrected chi connectivity index (χ2v) is 8.55. The van der Waals surface area contributed by atoms with Crippen molar-refractivity contribution < 1.29 is 19.0 Å². The number of para-hydroxylation sites is 1. The SMILES string of the molecule is COc1cc(/C=C(/C#N)C(=O)Nc2nnc(S)s2)ccc1OCCOc1c(C)cccc1C. The predicted molar refractivity (Wildman–Crippen MR) is 129 cm³/mol. The average molecular weight is 483 g/mol. The number of aryl methyl sites for hydroxylation is 2. The molecule has 3 aromatic rings. The van der Waals surface area contributed by atoms with Gasteiger partial charge in [-0.3, -0.25) is 10.1 Å². The fourth-order valence-electron chi connectivity index (χ4n) is 2.96. The van der Waals surface area contributed by atoms with Crippen molar-refractivity contribution in [3.63, 3.8) is 0 Å². The van der Waals surface area contributed by atoms with Crippen molar-refractivity contribution in [1.29, 1.82) is 5.26 Å². The van der Waals surface area contributed by atoms with Gasteiger partial charge in [-0.05, 0) is 48.7 Å². The van der Waals surface area contributed by atoms with Gasteiger partial charge < -0.3 is 14.2 Å². The van der Waals surface area contributed by atoms with Gasteiger partial charge in [-0.15, -0.1) is 22.8 Å². The third-order valence-electron chi connectivity index (χ3n) is 4.49. The number of thiol groups is 1. The standard InChI is InChI=1S/C23H22N4O4S2/c1-14-5-4-6-15(2)20(14)31-10-9-30-18-8-7-16(12-19(18)29-3)11-17(13-24)21(28)25-22-26-27-23(32)33-22/h4-8,11-12H,9-10H2,1-3H3,(H,27,32)(H,25,26,28)/b17-11-. The van der Waals surface area contributed by atoms with Gasteiger partial charge in [0.15, 0.2) is 15.8 Å². The normalized spacial score (nSPS) is 10.9. The predicted octanol–water partition coefficient (Wildman–Crippen LogP) is 4.46. The van der Waals surface area contributed by atoms with Crippen LogP contribution in [0.1, 0.15) is 16.7 Å². The number of rotatable bonds is 9. The summed E-state index contributed by atoms with van der Waals surface area (Å²) in [7, 11) is 1.52. The maximum absolute atomic E-state index is 12.4. The van der Waals surface area contributed by atoms with Gasteiger partial charge in [-0.25, -0.2) is 0 Å². The van der Waals surface area contributed by atoms with Crippen molar-refractivity contribution >= 4 is 41.1 Å². The maximum Gasteiger partial charge on any atom is 0.268 e. The van der Waals surface area contributed by atoms with E-state index < -0.39 is 5.91 Å². The van der Waals surface area contributed by atoms with Crippen LogP contribution in [0, 0.1) is 25.2 Å². The van der Waals surface area contributed by atoms with Gasteiger partial charge >= 0.3 is 0 Å². The highest BCUT2D eigenvalue weighted by Gasteiger charge is 2.13. The Balaban J connectivity index is 1.64. The Kier molecular flexibility index (Phi) is 8.29. The molecule has 0 unspecified atom stereocenters. The van der Waals surface area contributed by atoms with Crippen LogP contribution in [0.2, 0.25) is 0 Å². The van der Waals surface area contributed by atoms with E-state index in [1.807, 2.05) is 38.1 Å². The highest BCUT2D eigenvalue weighted by Crippen LogP contribution is 2.29. The lowest BCUT2D eigenvalue weighted by Gasteiger charge is -2.14. The molecule has 3 rings (SSSR count). The van der Waals surface area contributed by atoms with Gasteiger partial charge in [0.1, 0.15) is 30.6 Å². The summed E-state index contributed by atoms with van der Waals surface area (Å²) >= 11 is 5.15. The first-order chi connectivity index (χ1) is 15.9. The van der Waals surface area contributed by atoms with Crippen LogP contribution < -0.4 is 19.5 Å². The third-order valence-corrected chi connectivity index (χ3v) is 5.50. The van der Waals surface area contributed by atoms with E-state index in [4.69, 9.17) is 14.2 Å². The lowest BCUT2D eigenvalue weighted by atomic mass is 10.1. The minimum Gasteiger partial charge on any atom is -0.493 e. The molecule has 0 aliphatic heterocycles. The van der Waals surface area contributed by atoms with Crippen molar-refractivity contribution in [2.24, 2.45) is 0 Å². The molecule has 0 bridgehead atoms. The Morgan fingerprint density at radius 3 is 2.52 bits per heavy atom. The number of nitrogens with zero attached hydrogens (tertiary/aromatic N) is 3. The number of ether oxygens (including phenoxy) is 3. The number of methoxy groups -OCH3 is 1. The van der Waals surface area contributed by atoms with Crippen LogP contribution >= 0.6 is 24.0 Å². The Morgan fingerprint density at radius 1 is 1.15 bits per heavy atom. The van der Waals surface area contributed by atoms with E-state index in [0.29, 0.717) is 34.6 Å². The molecular weight excluding hydrogens is 460 g/mol. The van der Waals surface area contributed by atoms with E-state index >= 15 is 0 Å². The van der Waals surface area contributed by atoms with Gasteiger partial charge in [-0.2, -0.15) is 5.26 Å². The van der Waals surface area contributed by atoms with Gasteiger partial charge in [0.05, 0.1) is 7.11 Å². The van der Waals surface area contributed by atoms with Crippen LogP contribution in [0.5, 0.6) is 17.2 Å². The van der Waals surface area contributed by atoms with Crippen molar-refractivity contribution in [2.45, 2.75) is 18.2 Å². The molecule has 33 heavy (non-hydrogen) atoms. The number of hydrogen-bond acceptors (Lipinski definition) is 9. The molecule has 1 N–H and O–H groups in total. The van der Waals surface area contributed by atoms with Gasteiger partial charge in [0.2, 0.25) is 5.13 Å². The number of benzene rings is 2. The van der Waals surface area contributed by atoms with E-state index in [2.05, 4.69) is 28.1 Å². The van der Waals surface area contributed by atoms with Crippen molar-refractivity contribution in [2.75, 3.05) is 25.6 Å². The number of hydrogen-bond donors (Lipinski definition) is 2. The topological polar surface area (TPSA) is 106 Å². The van der Waals surface area contributed by atoms with E-state index in [1.54, 1.807) is 18.2 Å². The van der Waals surface area contributed by atoms with Crippen LogP contribution in [0.25, 0.3) is 6.08 Å². The van der Waals surface area contributed by atoms with E-state index in [-0.39, 0.29) is 10.7 Å². The quantitative estimate of drug-likeness (QED) is 0.152. The Labute approximate surface area is 201 Å². The molecule has 0 fully saturated rings. The Morgan fingerprint density at radius 2 is 1.88 bits per heavy atom. The summed E-state index contributed by atoms with van der Waals surface area (Å²) in [6.07, 6.45) is 1.45. The van der Waals surface area contributed by atoms with E-state index in [0.717, 1.165) is 28.2 Å². The minimum atomic E-state index is -0.593. The summed E-state index contributed by atoms with van der Waals surface area (Å²) in [6.45, 7) is 4.69. The largest absolute Gasteiger partial charge is 0.493 e. The molecule has 0 saturated carbocycles. The fourth-order valence-corrected chi connectivity index (χ4v) is 3.75. The maximum atomic E-state index is 12.4. The van der Waals surface area contributed by atoms with Gasteiger partial charge in [0, 0.05) is 0 Å². The molecule has 1 amide bonds. The molecule has 2 aromatic carbocycles. The summed E-state index contributed by atoms with van der Waals surface area (Å²) in [5, 5.41) is 19.7. The monoisotopic (exact) mass is 482 g/mol. The summed E-state index contributed by atoms with van der Waals surface area (Å²) < 4.78 is 17.5. The molecule has 8 nitrogen and oxygen atoms in total. The average Bonchev–Trinajstić information content (AvgIpc) is 3.21. The summed E-state index contributed by atoms with van der Waals surface area (Å²) in [5.74, 6) is 1.26. The lowest BCUT2D eigenvalue weighted by molar-refractivity contribution is -0.112. The van der Waals surface area contributed by atoms with Crippen molar-refractivity contribution in [1.82, 2.24) is 10.2 Å². The second-order valence-electron chi connectivity index (χ2n) is 6.84. The Bertz CT molecular complexity index is 1200. The van der Waals surface area contributed by atoms with Gasteiger partial charge in [0.25, 0.3) is 5.91 Å². The molecule has 10 heteroatoms. The molecule has 0 radical (unpaired) electrons. The number of carbonyl (C=O) groups is 1. The third kappa shape index (κ3) is 6.47. The van der Waals surface area contributed by atoms with Gasteiger partial charge in [-0.1, -0.05) is 35.6 Å². The highest BCUT2D eigenvalue weighted by molar-refractivity contribution is 7.82. The molecule has 1 aromatic heterocycles. The minimum absolute atomic E-state index is 0.0939. The molecule has 0 aliphatic rings.